The number of carboxylic acids is 1. The molecule has 0 saturated heterocycles. The van der Waals surface area contributed by atoms with E-state index in [9.17, 15) is 4.79 Å². The molecule has 0 spiro atoms. The molecule has 1 saturated carbocycles. The maximum Gasteiger partial charge on any atom is 0.339 e. The lowest BCUT2D eigenvalue weighted by atomic mass is 10.1. The molecule has 2 atom stereocenters. The van der Waals surface area contributed by atoms with Crippen molar-refractivity contribution in [2.45, 2.75) is 18.3 Å². The maximum absolute atomic E-state index is 11.1. The van der Waals surface area contributed by atoms with Gasteiger partial charge in [-0.3, -0.25) is 9.36 Å². The molecule has 3 rings (SSSR count). The molecule has 1 fully saturated rings. The highest BCUT2D eigenvalue weighted by molar-refractivity contribution is 5.89. The van der Waals surface area contributed by atoms with Crippen LogP contribution in [0.3, 0.4) is 0 Å². The predicted molar refractivity (Wildman–Crippen MR) is 63.5 cm³/mol. The Morgan fingerprint density at radius 3 is 2.72 bits per heavy atom. The van der Waals surface area contributed by atoms with Gasteiger partial charge in [0, 0.05) is 26.2 Å². The normalized spacial score (nSPS) is 22.1. The summed E-state index contributed by atoms with van der Waals surface area (Å²) in [5.74, 6) is -0.296. The topological polar surface area (TPSA) is 72.9 Å². The molecular formula is C12H14N4O2. The van der Waals surface area contributed by atoms with Gasteiger partial charge in [0.05, 0.1) is 18.1 Å². The molecule has 1 unspecified atom stereocenters. The highest BCUT2D eigenvalue weighted by Gasteiger charge is 2.44. The second-order valence-electron chi connectivity index (χ2n) is 4.77. The van der Waals surface area contributed by atoms with Gasteiger partial charge in [0.15, 0.2) is 0 Å². The number of hydrogen-bond acceptors (Lipinski definition) is 3. The minimum atomic E-state index is -0.907. The smallest absolute Gasteiger partial charge is 0.339 e. The van der Waals surface area contributed by atoms with E-state index in [4.69, 9.17) is 5.11 Å². The molecule has 0 amide bonds. The molecule has 94 valence electrons. The van der Waals surface area contributed by atoms with Crippen LogP contribution in [0.4, 0.5) is 0 Å². The Kier molecular flexibility index (Phi) is 2.26. The zero-order chi connectivity index (χ0) is 12.9. The Labute approximate surface area is 104 Å². The quantitative estimate of drug-likeness (QED) is 0.880. The number of carbonyl (C=O) groups is 1. The number of rotatable bonds is 3. The van der Waals surface area contributed by atoms with Crippen LogP contribution < -0.4 is 0 Å². The summed E-state index contributed by atoms with van der Waals surface area (Å²) in [4.78, 5) is 11.1. The van der Waals surface area contributed by atoms with Gasteiger partial charge < -0.3 is 5.11 Å². The monoisotopic (exact) mass is 246 g/mol. The van der Waals surface area contributed by atoms with Gasteiger partial charge in [-0.25, -0.2) is 4.79 Å². The van der Waals surface area contributed by atoms with Crippen LogP contribution in [0.25, 0.3) is 0 Å². The molecule has 6 nitrogen and oxygen atoms in total. The summed E-state index contributed by atoms with van der Waals surface area (Å²) in [6.07, 6.45) is 6.23. The average molecular weight is 246 g/mol. The van der Waals surface area contributed by atoms with E-state index in [-0.39, 0.29) is 5.92 Å². The van der Waals surface area contributed by atoms with Gasteiger partial charge in [-0.2, -0.15) is 10.2 Å². The van der Waals surface area contributed by atoms with Crippen LogP contribution in [0.1, 0.15) is 39.9 Å². The summed E-state index contributed by atoms with van der Waals surface area (Å²) in [6, 6.07) is 0. The van der Waals surface area contributed by atoms with E-state index in [1.165, 1.54) is 11.8 Å². The van der Waals surface area contributed by atoms with Crippen LogP contribution in [0.2, 0.25) is 0 Å². The van der Waals surface area contributed by atoms with Gasteiger partial charge in [-0.15, -0.1) is 0 Å². The summed E-state index contributed by atoms with van der Waals surface area (Å²) in [5, 5.41) is 17.3. The van der Waals surface area contributed by atoms with Gasteiger partial charge in [0.2, 0.25) is 0 Å². The fraction of sp³-hybridized carbons (Fsp3) is 0.417. The summed E-state index contributed by atoms with van der Waals surface area (Å²) in [6.45, 7) is 0. The summed E-state index contributed by atoms with van der Waals surface area (Å²) < 4.78 is 3.44. The average Bonchev–Trinajstić information content (AvgIpc) is 2.81. The second-order valence-corrected chi connectivity index (χ2v) is 4.77. The lowest BCUT2D eigenvalue weighted by Gasteiger charge is -2.02. The van der Waals surface area contributed by atoms with Crippen LogP contribution in [0.15, 0.2) is 18.6 Å². The number of nitrogens with zero attached hydrogens (tertiary/aromatic N) is 4. The van der Waals surface area contributed by atoms with Crippen molar-refractivity contribution in [2.75, 3.05) is 0 Å². The third-order valence-electron chi connectivity index (χ3n) is 3.51. The molecule has 0 bridgehead atoms. The molecule has 2 heterocycles. The summed E-state index contributed by atoms with van der Waals surface area (Å²) >= 11 is 0. The SMILES string of the molecule is Cn1cc(C2C[C@H]2c2c(C(=O)O)cnn2C)cn1. The molecule has 1 N–H and O–H groups in total. The number of aromatic nitrogens is 4. The number of hydrogen-bond donors (Lipinski definition) is 1. The number of carboxylic acid groups (broad SMARTS) is 1. The predicted octanol–water partition coefficient (Wildman–Crippen LogP) is 1.12. The molecule has 18 heavy (non-hydrogen) atoms. The summed E-state index contributed by atoms with van der Waals surface area (Å²) in [7, 11) is 3.67. The Bertz CT molecular complexity index is 613. The first-order chi connectivity index (χ1) is 8.58. The van der Waals surface area contributed by atoms with Crippen molar-refractivity contribution < 1.29 is 9.90 Å². The van der Waals surface area contributed by atoms with Crippen LogP contribution in [0.5, 0.6) is 0 Å². The molecule has 2 aromatic heterocycles. The van der Waals surface area contributed by atoms with Crippen molar-refractivity contribution in [3.63, 3.8) is 0 Å². The van der Waals surface area contributed by atoms with Gasteiger partial charge in [-0.05, 0) is 17.9 Å². The first-order valence-electron chi connectivity index (χ1n) is 5.81. The Morgan fingerprint density at radius 1 is 1.33 bits per heavy atom. The number of aryl methyl sites for hydroxylation is 2. The third-order valence-corrected chi connectivity index (χ3v) is 3.51. The molecule has 0 radical (unpaired) electrons. The highest BCUT2D eigenvalue weighted by atomic mass is 16.4. The van der Waals surface area contributed by atoms with E-state index in [1.54, 1.807) is 16.4 Å². The molecule has 6 heteroatoms. The standard InChI is InChI=1S/C12H14N4O2/c1-15-6-7(4-13-15)8-3-9(8)11-10(12(17)18)5-14-16(11)2/h4-6,8-9H,3H2,1-2H3,(H,17,18)/t8?,9-/m1/s1. The van der Waals surface area contributed by atoms with Crippen molar-refractivity contribution in [1.82, 2.24) is 19.6 Å². The zero-order valence-corrected chi connectivity index (χ0v) is 10.2. The second kappa shape index (κ2) is 3.69. The van der Waals surface area contributed by atoms with Crippen molar-refractivity contribution in [3.05, 3.63) is 35.4 Å². The molecule has 1 aliphatic rings. The van der Waals surface area contributed by atoms with E-state index < -0.39 is 5.97 Å². The minimum absolute atomic E-state index is 0.243. The molecule has 0 aliphatic heterocycles. The molecular weight excluding hydrogens is 232 g/mol. The Morgan fingerprint density at radius 2 is 2.11 bits per heavy atom. The Hall–Kier alpha value is -2.11. The van der Waals surface area contributed by atoms with Gasteiger partial charge in [0.1, 0.15) is 5.56 Å². The molecule has 2 aromatic rings. The van der Waals surface area contributed by atoms with Crippen LogP contribution in [0, 0.1) is 0 Å². The first-order valence-corrected chi connectivity index (χ1v) is 5.81. The van der Waals surface area contributed by atoms with E-state index in [0.29, 0.717) is 11.5 Å². The van der Waals surface area contributed by atoms with Gasteiger partial charge in [0.25, 0.3) is 0 Å². The third kappa shape index (κ3) is 1.61. The van der Waals surface area contributed by atoms with Crippen molar-refractivity contribution in [3.8, 4) is 0 Å². The first kappa shape index (κ1) is 11.0. The van der Waals surface area contributed by atoms with Crippen molar-refractivity contribution in [2.24, 2.45) is 14.1 Å². The van der Waals surface area contributed by atoms with Crippen LogP contribution in [-0.4, -0.2) is 30.6 Å². The lowest BCUT2D eigenvalue weighted by Crippen LogP contribution is -2.04. The Balaban J connectivity index is 1.90. The van der Waals surface area contributed by atoms with Crippen LogP contribution in [-0.2, 0) is 14.1 Å². The minimum Gasteiger partial charge on any atom is -0.478 e. The fourth-order valence-electron chi connectivity index (χ4n) is 2.55. The van der Waals surface area contributed by atoms with E-state index in [2.05, 4.69) is 10.2 Å². The van der Waals surface area contributed by atoms with Crippen molar-refractivity contribution >= 4 is 5.97 Å². The molecule has 1 aliphatic carbocycles. The lowest BCUT2D eigenvalue weighted by molar-refractivity contribution is 0.0695. The fourth-order valence-corrected chi connectivity index (χ4v) is 2.55. The van der Waals surface area contributed by atoms with Gasteiger partial charge >= 0.3 is 5.97 Å². The maximum atomic E-state index is 11.1. The zero-order valence-electron chi connectivity index (χ0n) is 10.2. The van der Waals surface area contributed by atoms with E-state index in [1.807, 2.05) is 19.4 Å². The van der Waals surface area contributed by atoms with E-state index >= 15 is 0 Å². The van der Waals surface area contributed by atoms with Gasteiger partial charge in [-0.1, -0.05) is 0 Å². The molecule has 0 aromatic carbocycles. The van der Waals surface area contributed by atoms with Crippen LogP contribution >= 0.6 is 0 Å². The highest BCUT2D eigenvalue weighted by Crippen LogP contribution is 2.55. The summed E-state index contributed by atoms with van der Waals surface area (Å²) in [5.41, 5.74) is 2.30. The van der Waals surface area contributed by atoms with E-state index in [0.717, 1.165) is 12.1 Å². The number of aromatic carboxylic acids is 1. The largest absolute Gasteiger partial charge is 0.478 e. The van der Waals surface area contributed by atoms with Crippen molar-refractivity contribution in [1.29, 1.82) is 0 Å².